The molecule has 0 unspecified atom stereocenters. The highest BCUT2D eigenvalue weighted by Crippen LogP contribution is 2.31. The van der Waals surface area contributed by atoms with Crippen LogP contribution >= 0.6 is 11.3 Å². The van der Waals surface area contributed by atoms with Gasteiger partial charge in [-0.2, -0.15) is 0 Å². The largest absolute Gasteiger partial charge is 0.466 e. The van der Waals surface area contributed by atoms with Gasteiger partial charge >= 0.3 is 0 Å². The number of likely N-dealkylation sites (N-methyl/N-ethyl adjacent to an activating group) is 1. The lowest BCUT2D eigenvalue weighted by Crippen LogP contribution is -2.39. The van der Waals surface area contributed by atoms with Crippen molar-refractivity contribution in [3.05, 3.63) is 47.2 Å². The summed E-state index contributed by atoms with van der Waals surface area (Å²) in [6.07, 6.45) is 0. The van der Waals surface area contributed by atoms with Crippen LogP contribution in [0.4, 0.5) is 9.52 Å². The van der Waals surface area contributed by atoms with Gasteiger partial charge in [-0.25, -0.2) is 9.37 Å². The maximum Gasteiger partial charge on any atom is 0.263 e. The molecule has 0 aliphatic heterocycles. The van der Waals surface area contributed by atoms with E-state index in [-0.39, 0.29) is 11.7 Å². The van der Waals surface area contributed by atoms with Crippen LogP contribution < -0.4 is 4.90 Å². The predicted molar refractivity (Wildman–Crippen MR) is 107 cm³/mol. The highest BCUT2D eigenvalue weighted by atomic mass is 32.1. The van der Waals surface area contributed by atoms with Crippen molar-refractivity contribution in [1.29, 1.82) is 0 Å². The Balaban J connectivity index is 1.99. The van der Waals surface area contributed by atoms with Gasteiger partial charge in [-0.05, 0) is 45.1 Å². The van der Waals surface area contributed by atoms with Gasteiger partial charge in [0.15, 0.2) is 5.13 Å². The minimum atomic E-state index is -0.374. The molecule has 0 spiro atoms. The van der Waals surface area contributed by atoms with Crippen molar-refractivity contribution < 1.29 is 13.6 Å². The van der Waals surface area contributed by atoms with Crippen LogP contribution in [0.1, 0.15) is 35.7 Å². The van der Waals surface area contributed by atoms with Crippen LogP contribution in [-0.2, 0) is 0 Å². The number of para-hydroxylation sites is 1. The monoisotopic (exact) mass is 389 g/mol. The highest BCUT2D eigenvalue weighted by molar-refractivity contribution is 7.22. The van der Waals surface area contributed by atoms with E-state index >= 15 is 0 Å². The Bertz CT molecular complexity index is 946. The van der Waals surface area contributed by atoms with Crippen molar-refractivity contribution in [2.45, 2.75) is 27.7 Å². The van der Waals surface area contributed by atoms with Crippen LogP contribution in [0.2, 0.25) is 0 Å². The number of thiazole rings is 1. The molecule has 0 atom stereocenters. The number of halogens is 1. The number of furan rings is 1. The molecule has 1 aromatic carbocycles. The zero-order valence-electron chi connectivity index (χ0n) is 16.1. The molecule has 0 N–H and O–H groups in total. The smallest absolute Gasteiger partial charge is 0.263 e. The van der Waals surface area contributed by atoms with Gasteiger partial charge in [-0.3, -0.25) is 9.69 Å². The van der Waals surface area contributed by atoms with Gasteiger partial charge in [-0.1, -0.05) is 31.3 Å². The number of nitrogens with zero attached hydrogens (tertiary/aromatic N) is 3. The lowest BCUT2D eigenvalue weighted by atomic mass is 10.2. The molecule has 0 saturated heterocycles. The molecule has 3 aromatic rings. The van der Waals surface area contributed by atoms with Gasteiger partial charge in [-0.15, -0.1) is 0 Å². The van der Waals surface area contributed by atoms with Crippen LogP contribution in [-0.4, -0.2) is 42.0 Å². The van der Waals surface area contributed by atoms with E-state index in [9.17, 15) is 9.18 Å². The quantitative estimate of drug-likeness (QED) is 0.591. The maximum absolute atomic E-state index is 14.1. The number of rotatable bonds is 7. The molecule has 5 nitrogen and oxygen atoms in total. The summed E-state index contributed by atoms with van der Waals surface area (Å²) in [4.78, 5) is 21.6. The summed E-state index contributed by atoms with van der Waals surface area (Å²) >= 11 is 1.33. The molecule has 144 valence electrons. The molecule has 3 rings (SSSR count). The Kier molecular flexibility index (Phi) is 5.92. The number of carbonyl (C=O) groups excluding carboxylic acids is 1. The number of fused-ring (bicyclic) bond motifs is 1. The third kappa shape index (κ3) is 4.04. The fourth-order valence-electron chi connectivity index (χ4n) is 3.07. The summed E-state index contributed by atoms with van der Waals surface area (Å²) in [6.45, 7) is 10.8. The molecule has 0 saturated carbocycles. The number of hydrogen-bond donors (Lipinski definition) is 0. The Morgan fingerprint density at radius 3 is 2.56 bits per heavy atom. The van der Waals surface area contributed by atoms with Crippen molar-refractivity contribution in [3.63, 3.8) is 0 Å². The van der Waals surface area contributed by atoms with Gasteiger partial charge in [0.2, 0.25) is 0 Å². The van der Waals surface area contributed by atoms with Crippen LogP contribution in [0.5, 0.6) is 0 Å². The van der Waals surface area contributed by atoms with Crippen molar-refractivity contribution in [1.82, 2.24) is 9.88 Å². The van der Waals surface area contributed by atoms with E-state index in [0.29, 0.717) is 40.8 Å². The molecular weight excluding hydrogens is 365 g/mol. The molecule has 0 aliphatic carbocycles. The average Bonchev–Trinajstić information content (AvgIpc) is 3.22. The zero-order chi connectivity index (χ0) is 19.6. The topological polar surface area (TPSA) is 49.6 Å². The van der Waals surface area contributed by atoms with E-state index in [2.05, 4.69) is 23.7 Å². The molecule has 0 radical (unpaired) electrons. The molecule has 2 heterocycles. The first-order valence-electron chi connectivity index (χ1n) is 9.10. The second-order valence-corrected chi connectivity index (χ2v) is 7.40. The first-order valence-corrected chi connectivity index (χ1v) is 9.92. The lowest BCUT2D eigenvalue weighted by molar-refractivity contribution is 0.0982. The van der Waals surface area contributed by atoms with E-state index < -0.39 is 0 Å². The van der Waals surface area contributed by atoms with Crippen molar-refractivity contribution in [2.24, 2.45) is 0 Å². The van der Waals surface area contributed by atoms with E-state index in [4.69, 9.17) is 4.42 Å². The first-order chi connectivity index (χ1) is 12.9. The first kappa shape index (κ1) is 19.5. The van der Waals surface area contributed by atoms with Crippen molar-refractivity contribution in [3.8, 4) is 0 Å². The normalized spacial score (nSPS) is 11.5. The van der Waals surface area contributed by atoms with E-state index in [1.54, 1.807) is 24.0 Å². The van der Waals surface area contributed by atoms with Crippen LogP contribution in [0.3, 0.4) is 0 Å². The Hall–Kier alpha value is -2.25. The van der Waals surface area contributed by atoms with E-state index in [0.717, 1.165) is 17.8 Å². The van der Waals surface area contributed by atoms with E-state index in [1.807, 2.05) is 13.0 Å². The molecule has 2 aromatic heterocycles. The Labute approximate surface area is 162 Å². The number of aryl methyl sites for hydroxylation is 2. The van der Waals surface area contributed by atoms with Crippen molar-refractivity contribution >= 4 is 32.6 Å². The van der Waals surface area contributed by atoms with E-state index in [1.165, 1.54) is 17.4 Å². The third-order valence-electron chi connectivity index (χ3n) is 4.64. The summed E-state index contributed by atoms with van der Waals surface area (Å²) in [6, 6.07) is 6.61. The fourth-order valence-corrected chi connectivity index (χ4v) is 4.08. The number of hydrogen-bond acceptors (Lipinski definition) is 5. The zero-order valence-corrected chi connectivity index (χ0v) is 16.9. The summed E-state index contributed by atoms with van der Waals surface area (Å²) in [5, 5.41) is 0.505. The lowest BCUT2D eigenvalue weighted by Gasteiger charge is -2.24. The number of aromatic nitrogens is 1. The number of carbonyl (C=O) groups is 1. The minimum Gasteiger partial charge on any atom is -0.466 e. The molecular formula is C20H24FN3O2S. The molecule has 27 heavy (non-hydrogen) atoms. The third-order valence-corrected chi connectivity index (χ3v) is 5.68. The molecule has 0 fully saturated rings. The Morgan fingerprint density at radius 2 is 1.96 bits per heavy atom. The number of anilines is 1. The maximum atomic E-state index is 14.1. The second-order valence-electron chi connectivity index (χ2n) is 6.39. The fraction of sp³-hybridized carbons (Fsp3) is 0.400. The summed E-state index contributed by atoms with van der Waals surface area (Å²) < 4.78 is 20.4. The highest BCUT2D eigenvalue weighted by Gasteiger charge is 2.25. The SMILES string of the molecule is CCN(CC)CCN(C(=O)c1cc(C)oc1C)c1nc2c(F)cccc2s1. The van der Waals surface area contributed by atoms with Crippen LogP contribution in [0, 0.1) is 19.7 Å². The standard InChI is InChI=1S/C20H24FN3O2S/c1-5-23(6-2)10-11-24(19(25)15-12-13(3)26-14(15)4)20-22-18-16(21)8-7-9-17(18)27-20/h7-9,12H,5-6,10-11H2,1-4H3. The average molecular weight is 389 g/mol. The van der Waals surface area contributed by atoms with Crippen LogP contribution in [0.15, 0.2) is 28.7 Å². The van der Waals surface area contributed by atoms with Gasteiger partial charge in [0.05, 0.1) is 10.3 Å². The molecule has 1 amide bonds. The number of benzene rings is 1. The van der Waals surface area contributed by atoms with Crippen LogP contribution in [0.25, 0.3) is 10.2 Å². The van der Waals surface area contributed by atoms with Gasteiger partial charge in [0.1, 0.15) is 22.9 Å². The molecule has 0 bridgehead atoms. The molecule has 0 aliphatic rings. The Morgan fingerprint density at radius 1 is 1.22 bits per heavy atom. The number of amides is 1. The predicted octanol–water partition coefficient (Wildman–Crippen LogP) is 4.63. The minimum absolute atomic E-state index is 0.170. The van der Waals surface area contributed by atoms with Crippen molar-refractivity contribution in [2.75, 3.05) is 31.1 Å². The second kappa shape index (κ2) is 8.19. The van der Waals surface area contributed by atoms with Gasteiger partial charge in [0.25, 0.3) is 5.91 Å². The van der Waals surface area contributed by atoms with Gasteiger partial charge in [0, 0.05) is 13.1 Å². The molecule has 7 heteroatoms. The summed E-state index contributed by atoms with van der Waals surface area (Å²) in [5.74, 6) is 0.727. The summed E-state index contributed by atoms with van der Waals surface area (Å²) in [5.41, 5.74) is 0.824. The summed E-state index contributed by atoms with van der Waals surface area (Å²) in [7, 11) is 0. The van der Waals surface area contributed by atoms with Gasteiger partial charge < -0.3 is 9.32 Å².